The molecule has 0 N–H and O–H groups in total. The van der Waals surface area contributed by atoms with E-state index in [4.69, 9.17) is 9.47 Å². The van der Waals surface area contributed by atoms with Gasteiger partial charge in [0.15, 0.2) is 11.5 Å². The lowest BCUT2D eigenvalue weighted by atomic mass is 9.74. The first-order valence-corrected chi connectivity index (χ1v) is 11.2. The largest absolute Gasteiger partial charge is 0.493 e. The van der Waals surface area contributed by atoms with Crippen LogP contribution >= 0.6 is 0 Å². The van der Waals surface area contributed by atoms with Gasteiger partial charge in [-0.3, -0.25) is 4.90 Å². The summed E-state index contributed by atoms with van der Waals surface area (Å²) < 4.78 is 11.8. The fourth-order valence-electron chi connectivity index (χ4n) is 4.75. The van der Waals surface area contributed by atoms with Crippen molar-refractivity contribution in [2.24, 2.45) is 5.41 Å². The Morgan fingerprint density at radius 1 is 0.903 bits per heavy atom. The molecule has 0 spiro atoms. The van der Waals surface area contributed by atoms with Gasteiger partial charge in [0.2, 0.25) is 0 Å². The molecule has 0 bridgehead atoms. The van der Waals surface area contributed by atoms with Crippen LogP contribution in [0.5, 0.6) is 11.5 Å². The molecule has 3 aromatic rings. The Morgan fingerprint density at radius 2 is 1.58 bits per heavy atom. The van der Waals surface area contributed by atoms with Crippen LogP contribution in [0.2, 0.25) is 0 Å². The summed E-state index contributed by atoms with van der Waals surface area (Å²) in [5.74, 6) is 2.08. The zero-order valence-corrected chi connectivity index (χ0v) is 18.9. The monoisotopic (exact) mass is 415 g/mol. The van der Waals surface area contributed by atoms with Gasteiger partial charge >= 0.3 is 0 Å². The van der Waals surface area contributed by atoms with E-state index >= 15 is 0 Å². The van der Waals surface area contributed by atoms with E-state index in [0.29, 0.717) is 12.5 Å². The van der Waals surface area contributed by atoms with Crippen LogP contribution in [0.15, 0.2) is 78.9 Å². The second-order valence-corrected chi connectivity index (χ2v) is 8.90. The van der Waals surface area contributed by atoms with Crippen molar-refractivity contribution in [3.8, 4) is 11.5 Å². The molecule has 1 unspecified atom stereocenters. The van der Waals surface area contributed by atoms with Crippen molar-refractivity contribution in [3.63, 3.8) is 0 Å². The van der Waals surface area contributed by atoms with Crippen LogP contribution in [0.4, 0.5) is 0 Å². The molecule has 3 nitrogen and oxygen atoms in total. The van der Waals surface area contributed by atoms with E-state index in [0.717, 1.165) is 43.1 Å². The van der Waals surface area contributed by atoms with Crippen molar-refractivity contribution < 1.29 is 9.47 Å². The van der Waals surface area contributed by atoms with Crippen molar-refractivity contribution in [1.82, 2.24) is 4.90 Å². The van der Waals surface area contributed by atoms with Crippen molar-refractivity contribution in [2.45, 2.75) is 39.3 Å². The third-order valence-electron chi connectivity index (χ3n) is 6.75. The van der Waals surface area contributed by atoms with Crippen LogP contribution < -0.4 is 9.47 Å². The van der Waals surface area contributed by atoms with Crippen LogP contribution in [0, 0.1) is 5.41 Å². The molecular weight excluding hydrogens is 382 g/mol. The highest BCUT2D eigenvalue weighted by molar-refractivity contribution is 5.45. The summed E-state index contributed by atoms with van der Waals surface area (Å²) in [4.78, 5) is 2.60. The van der Waals surface area contributed by atoms with Gasteiger partial charge in [0.1, 0.15) is 6.61 Å². The normalized spacial score (nSPS) is 21.2. The molecule has 3 aromatic carbocycles. The van der Waals surface area contributed by atoms with Crippen molar-refractivity contribution >= 4 is 0 Å². The fraction of sp³-hybridized carbons (Fsp3) is 0.357. The molecule has 1 aliphatic rings. The number of methoxy groups -OCH3 is 1. The Labute approximate surface area is 186 Å². The Hall–Kier alpha value is -2.78. The van der Waals surface area contributed by atoms with Crippen LogP contribution in [0.25, 0.3) is 0 Å². The Morgan fingerprint density at radius 3 is 2.23 bits per heavy atom. The molecule has 31 heavy (non-hydrogen) atoms. The Balaban J connectivity index is 1.55. The molecule has 2 atom stereocenters. The third-order valence-corrected chi connectivity index (χ3v) is 6.75. The molecule has 1 fully saturated rings. The smallest absolute Gasteiger partial charge is 0.161 e. The average Bonchev–Trinajstić information content (AvgIpc) is 3.15. The number of hydrogen-bond acceptors (Lipinski definition) is 3. The van der Waals surface area contributed by atoms with Gasteiger partial charge in [-0.2, -0.15) is 0 Å². The van der Waals surface area contributed by atoms with Gasteiger partial charge in [-0.25, -0.2) is 0 Å². The predicted octanol–water partition coefficient (Wildman–Crippen LogP) is 6.29. The summed E-state index contributed by atoms with van der Waals surface area (Å²) in [7, 11) is 1.71. The molecule has 0 amide bonds. The predicted molar refractivity (Wildman–Crippen MR) is 127 cm³/mol. The summed E-state index contributed by atoms with van der Waals surface area (Å²) in [5.41, 5.74) is 4.11. The summed E-state index contributed by atoms with van der Waals surface area (Å²) in [5, 5.41) is 0. The van der Waals surface area contributed by atoms with Gasteiger partial charge in [0.25, 0.3) is 0 Å². The van der Waals surface area contributed by atoms with Crippen LogP contribution in [0.3, 0.4) is 0 Å². The molecule has 162 valence electrons. The van der Waals surface area contributed by atoms with Crippen LogP contribution in [0.1, 0.15) is 42.9 Å². The Kier molecular flexibility index (Phi) is 6.62. The van der Waals surface area contributed by atoms with Gasteiger partial charge in [0, 0.05) is 25.6 Å². The average molecular weight is 416 g/mol. The molecule has 0 aliphatic carbocycles. The summed E-state index contributed by atoms with van der Waals surface area (Å²) in [6.45, 7) is 8.45. The zero-order valence-electron chi connectivity index (χ0n) is 18.9. The lowest BCUT2D eigenvalue weighted by molar-refractivity contribution is 0.255. The Bertz CT molecular complexity index is 973. The second-order valence-electron chi connectivity index (χ2n) is 8.90. The molecule has 1 aliphatic heterocycles. The number of likely N-dealkylation sites (tertiary alicyclic amines) is 1. The highest BCUT2D eigenvalue weighted by Gasteiger charge is 2.42. The number of nitrogens with zero attached hydrogens (tertiary/aromatic N) is 1. The van der Waals surface area contributed by atoms with E-state index in [1.54, 1.807) is 7.11 Å². The van der Waals surface area contributed by atoms with Gasteiger partial charge in [-0.1, -0.05) is 80.6 Å². The fourth-order valence-corrected chi connectivity index (χ4v) is 4.75. The summed E-state index contributed by atoms with van der Waals surface area (Å²) in [6, 6.07) is 27.5. The van der Waals surface area contributed by atoms with Gasteiger partial charge in [0.05, 0.1) is 7.11 Å². The highest BCUT2D eigenvalue weighted by atomic mass is 16.5. The summed E-state index contributed by atoms with van der Waals surface area (Å²) >= 11 is 0. The van der Waals surface area contributed by atoms with Crippen molar-refractivity contribution in [3.05, 3.63) is 95.6 Å². The zero-order chi connectivity index (χ0) is 21.7. The van der Waals surface area contributed by atoms with Crippen molar-refractivity contribution in [2.75, 3.05) is 20.2 Å². The first-order valence-electron chi connectivity index (χ1n) is 11.2. The molecule has 4 rings (SSSR count). The number of rotatable bonds is 8. The molecule has 0 aromatic heterocycles. The highest BCUT2D eigenvalue weighted by Crippen LogP contribution is 2.47. The molecule has 1 saturated heterocycles. The maximum atomic E-state index is 6.20. The van der Waals surface area contributed by atoms with E-state index in [1.165, 1.54) is 11.1 Å². The topological polar surface area (TPSA) is 21.7 Å². The molecule has 1 heterocycles. The summed E-state index contributed by atoms with van der Waals surface area (Å²) in [6.07, 6.45) is 1.15. The molecule has 0 saturated carbocycles. The van der Waals surface area contributed by atoms with Gasteiger partial charge in [-0.15, -0.1) is 0 Å². The minimum atomic E-state index is 0.236. The van der Waals surface area contributed by atoms with Crippen LogP contribution in [-0.2, 0) is 13.2 Å². The third kappa shape index (κ3) is 4.94. The minimum Gasteiger partial charge on any atom is -0.493 e. The van der Waals surface area contributed by atoms with Gasteiger partial charge < -0.3 is 9.47 Å². The lowest BCUT2D eigenvalue weighted by Crippen LogP contribution is -2.25. The first kappa shape index (κ1) is 21.5. The van der Waals surface area contributed by atoms with E-state index in [-0.39, 0.29) is 5.41 Å². The van der Waals surface area contributed by atoms with Crippen LogP contribution in [-0.4, -0.2) is 25.1 Å². The van der Waals surface area contributed by atoms with Gasteiger partial charge in [-0.05, 0) is 40.7 Å². The SMILES string of the molecule is CC[C@]1(C)CN(Cc2ccccc2)CC1c1ccc(OC)c(OCc2ccccc2)c1. The number of hydrogen-bond donors (Lipinski definition) is 0. The van der Waals surface area contributed by atoms with Crippen molar-refractivity contribution in [1.29, 1.82) is 0 Å². The maximum absolute atomic E-state index is 6.20. The molecule has 3 heteroatoms. The lowest BCUT2D eigenvalue weighted by Gasteiger charge is -2.30. The van der Waals surface area contributed by atoms with E-state index in [2.05, 4.69) is 79.4 Å². The first-order chi connectivity index (χ1) is 15.1. The van der Waals surface area contributed by atoms with E-state index in [9.17, 15) is 0 Å². The molecule has 0 radical (unpaired) electrons. The quantitative estimate of drug-likeness (QED) is 0.431. The maximum Gasteiger partial charge on any atom is 0.161 e. The van der Waals surface area contributed by atoms with E-state index in [1.807, 2.05) is 18.2 Å². The number of benzene rings is 3. The minimum absolute atomic E-state index is 0.236. The standard InChI is InChI=1S/C28H33NO2/c1-4-28(2)21-29(18-22-11-7-5-8-12-22)19-25(28)24-15-16-26(30-3)27(17-24)31-20-23-13-9-6-10-14-23/h5-17,25H,4,18-21H2,1-3H3/t25?,28-/m1/s1. The number of ether oxygens (including phenoxy) is 2. The van der Waals surface area contributed by atoms with E-state index < -0.39 is 0 Å². The molecular formula is C28H33NO2. The second kappa shape index (κ2) is 9.57.